The molecule has 0 saturated heterocycles. The van der Waals surface area contributed by atoms with Crippen LogP contribution in [-0.4, -0.2) is 23.3 Å². The van der Waals surface area contributed by atoms with Gasteiger partial charge in [-0.05, 0) is 68.4 Å². The van der Waals surface area contributed by atoms with E-state index in [0.717, 1.165) is 37.9 Å². The maximum absolute atomic E-state index is 12.3. The van der Waals surface area contributed by atoms with Crippen LogP contribution < -0.4 is 10.6 Å². The molecule has 5 nitrogen and oxygen atoms in total. The van der Waals surface area contributed by atoms with Crippen molar-refractivity contribution in [3.05, 3.63) is 30.1 Å². The van der Waals surface area contributed by atoms with Crippen molar-refractivity contribution in [2.45, 2.75) is 77.2 Å². The van der Waals surface area contributed by atoms with Gasteiger partial charge in [0.15, 0.2) is 0 Å². The van der Waals surface area contributed by atoms with Crippen molar-refractivity contribution in [2.75, 3.05) is 6.54 Å². The number of hydrogen-bond acceptors (Lipinski definition) is 3. The maximum Gasteiger partial charge on any atom is 0.220 e. The number of aromatic nitrogens is 1. The van der Waals surface area contributed by atoms with E-state index in [4.69, 9.17) is 0 Å². The van der Waals surface area contributed by atoms with E-state index in [-0.39, 0.29) is 17.9 Å². The Morgan fingerprint density at radius 2 is 1.79 bits per heavy atom. The van der Waals surface area contributed by atoms with Crippen molar-refractivity contribution >= 4 is 11.8 Å². The summed E-state index contributed by atoms with van der Waals surface area (Å²) in [4.78, 5) is 28.4. The van der Waals surface area contributed by atoms with Crippen LogP contribution in [0.2, 0.25) is 0 Å². The summed E-state index contributed by atoms with van der Waals surface area (Å²) in [5.41, 5.74) is 0.946. The lowest BCUT2D eigenvalue weighted by Crippen LogP contribution is -2.37. The first kappa shape index (κ1) is 20.8. The zero-order valence-electron chi connectivity index (χ0n) is 17.2. The standard InChI is InChI=1S/C23H35N3O2/c1-17(27)26-23(21-9-5-6-14-24-21)20-12-10-19(11-13-20)16-25-22(28)15-18-7-3-2-4-8-18/h5-6,9,14,18-20,23H,2-4,7-8,10-13,15-16H2,1H3,(H,25,28)(H,26,27). The van der Waals surface area contributed by atoms with Gasteiger partial charge in [0.2, 0.25) is 11.8 Å². The van der Waals surface area contributed by atoms with E-state index in [1.165, 1.54) is 32.1 Å². The number of nitrogens with one attached hydrogen (secondary N) is 2. The van der Waals surface area contributed by atoms with Gasteiger partial charge in [-0.25, -0.2) is 0 Å². The number of pyridine rings is 1. The molecule has 0 radical (unpaired) electrons. The second kappa shape index (κ2) is 10.6. The summed E-state index contributed by atoms with van der Waals surface area (Å²) < 4.78 is 0. The van der Waals surface area contributed by atoms with Gasteiger partial charge in [0.25, 0.3) is 0 Å². The molecule has 0 spiro atoms. The second-order valence-electron chi connectivity index (χ2n) is 8.73. The quantitative estimate of drug-likeness (QED) is 0.741. The summed E-state index contributed by atoms with van der Waals surface area (Å²) in [7, 11) is 0. The summed E-state index contributed by atoms with van der Waals surface area (Å²) in [5, 5.41) is 6.29. The Kier molecular flexibility index (Phi) is 7.87. The van der Waals surface area contributed by atoms with Crippen LogP contribution in [0, 0.1) is 17.8 Å². The molecule has 3 rings (SSSR count). The number of rotatable bonds is 7. The zero-order chi connectivity index (χ0) is 19.8. The molecule has 5 heteroatoms. The molecular formula is C23H35N3O2. The SMILES string of the molecule is CC(=O)NC(c1ccccn1)C1CCC(CNC(=O)CC2CCCCC2)CC1. The molecule has 0 bridgehead atoms. The number of amides is 2. The number of nitrogens with zero attached hydrogens (tertiary/aromatic N) is 1. The van der Waals surface area contributed by atoms with Crippen molar-refractivity contribution in [1.29, 1.82) is 0 Å². The first-order valence-electron chi connectivity index (χ1n) is 11.1. The highest BCUT2D eigenvalue weighted by Crippen LogP contribution is 2.36. The molecule has 2 aliphatic rings. The lowest BCUT2D eigenvalue weighted by atomic mass is 9.77. The molecule has 154 valence electrons. The third-order valence-corrected chi connectivity index (χ3v) is 6.51. The fourth-order valence-electron chi connectivity index (χ4n) is 4.92. The van der Waals surface area contributed by atoms with Gasteiger partial charge in [-0.3, -0.25) is 14.6 Å². The normalized spacial score (nSPS) is 24.3. The van der Waals surface area contributed by atoms with Crippen LogP contribution in [0.15, 0.2) is 24.4 Å². The molecule has 1 unspecified atom stereocenters. The molecule has 1 aromatic heterocycles. The molecule has 2 aliphatic carbocycles. The second-order valence-corrected chi connectivity index (χ2v) is 8.73. The predicted octanol–water partition coefficient (Wildman–Crippen LogP) is 4.15. The Bertz CT molecular complexity index is 620. The van der Waals surface area contributed by atoms with Crippen molar-refractivity contribution in [3.8, 4) is 0 Å². The van der Waals surface area contributed by atoms with Crippen molar-refractivity contribution in [2.24, 2.45) is 17.8 Å². The van der Waals surface area contributed by atoms with Gasteiger partial charge in [0.05, 0.1) is 11.7 Å². The van der Waals surface area contributed by atoms with E-state index in [9.17, 15) is 9.59 Å². The Hall–Kier alpha value is -1.91. The summed E-state index contributed by atoms with van der Waals surface area (Å²) in [5.74, 6) is 1.79. The molecule has 1 atom stereocenters. The van der Waals surface area contributed by atoms with Crippen LogP contribution in [0.4, 0.5) is 0 Å². The molecule has 1 aromatic rings. The minimum Gasteiger partial charge on any atom is -0.356 e. The topological polar surface area (TPSA) is 71.1 Å². The van der Waals surface area contributed by atoms with Crippen molar-refractivity contribution < 1.29 is 9.59 Å². The molecule has 0 aliphatic heterocycles. The lowest BCUT2D eigenvalue weighted by molar-refractivity contribution is -0.123. The lowest BCUT2D eigenvalue weighted by Gasteiger charge is -2.34. The first-order valence-corrected chi connectivity index (χ1v) is 11.1. The fourth-order valence-corrected chi connectivity index (χ4v) is 4.92. The van der Waals surface area contributed by atoms with Gasteiger partial charge in [-0.1, -0.05) is 25.3 Å². The Labute approximate surface area is 169 Å². The van der Waals surface area contributed by atoms with Crippen LogP contribution in [0.3, 0.4) is 0 Å². The van der Waals surface area contributed by atoms with Crippen LogP contribution in [0.5, 0.6) is 0 Å². The van der Waals surface area contributed by atoms with E-state index < -0.39 is 0 Å². The van der Waals surface area contributed by atoms with Crippen LogP contribution in [-0.2, 0) is 9.59 Å². The van der Waals surface area contributed by atoms with Crippen molar-refractivity contribution in [1.82, 2.24) is 15.6 Å². The molecule has 0 aromatic carbocycles. The van der Waals surface area contributed by atoms with E-state index in [1.54, 1.807) is 13.1 Å². The third kappa shape index (κ3) is 6.32. The Morgan fingerprint density at radius 3 is 2.43 bits per heavy atom. The molecular weight excluding hydrogens is 350 g/mol. The van der Waals surface area contributed by atoms with Gasteiger partial charge < -0.3 is 10.6 Å². The van der Waals surface area contributed by atoms with Gasteiger partial charge in [0, 0.05) is 26.1 Å². The molecule has 2 fully saturated rings. The third-order valence-electron chi connectivity index (χ3n) is 6.51. The first-order chi connectivity index (χ1) is 13.6. The minimum atomic E-state index is -0.0134. The molecule has 2 saturated carbocycles. The molecule has 2 N–H and O–H groups in total. The summed E-state index contributed by atoms with van der Waals surface area (Å²) in [6, 6.07) is 5.87. The zero-order valence-corrected chi connectivity index (χ0v) is 17.2. The van der Waals surface area contributed by atoms with Gasteiger partial charge in [0.1, 0.15) is 0 Å². The summed E-state index contributed by atoms with van der Waals surface area (Å²) in [6.07, 6.45) is 13.1. The maximum atomic E-state index is 12.3. The van der Waals surface area contributed by atoms with Gasteiger partial charge >= 0.3 is 0 Å². The number of hydrogen-bond donors (Lipinski definition) is 2. The predicted molar refractivity (Wildman–Crippen MR) is 110 cm³/mol. The Balaban J connectivity index is 1.43. The molecule has 1 heterocycles. The number of carbonyl (C=O) groups excluding carboxylic acids is 2. The van der Waals surface area contributed by atoms with Crippen molar-refractivity contribution in [3.63, 3.8) is 0 Å². The van der Waals surface area contributed by atoms with E-state index in [2.05, 4.69) is 15.6 Å². The van der Waals surface area contributed by atoms with Gasteiger partial charge in [-0.2, -0.15) is 0 Å². The average Bonchev–Trinajstić information content (AvgIpc) is 2.72. The summed E-state index contributed by atoms with van der Waals surface area (Å²) >= 11 is 0. The highest BCUT2D eigenvalue weighted by molar-refractivity contribution is 5.76. The fraction of sp³-hybridized carbons (Fsp3) is 0.696. The summed E-state index contributed by atoms with van der Waals surface area (Å²) in [6.45, 7) is 2.37. The molecule has 28 heavy (non-hydrogen) atoms. The minimum absolute atomic E-state index is 0.00671. The average molecular weight is 386 g/mol. The smallest absolute Gasteiger partial charge is 0.220 e. The van der Waals surface area contributed by atoms with Crippen LogP contribution in [0.25, 0.3) is 0 Å². The largest absolute Gasteiger partial charge is 0.356 e. The highest BCUT2D eigenvalue weighted by atomic mass is 16.2. The van der Waals surface area contributed by atoms with E-state index >= 15 is 0 Å². The number of carbonyl (C=O) groups is 2. The van der Waals surface area contributed by atoms with Crippen LogP contribution in [0.1, 0.15) is 82.9 Å². The van der Waals surface area contributed by atoms with E-state index in [1.807, 2.05) is 18.2 Å². The monoisotopic (exact) mass is 385 g/mol. The van der Waals surface area contributed by atoms with Gasteiger partial charge in [-0.15, -0.1) is 0 Å². The Morgan fingerprint density at radius 1 is 1.04 bits per heavy atom. The van der Waals surface area contributed by atoms with E-state index in [0.29, 0.717) is 24.2 Å². The highest BCUT2D eigenvalue weighted by Gasteiger charge is 2.30. The van der Waals surface area contributed by atoms with Crippen LogP contribution >= 0.6 is 0 Å². The molecule has 2 amide bonds.